The topological polar surface area (TPSA) is 77.5 Å². The predicted molar refractivity (Wildman–Crippen MR) is 63.2 cm³/mol. The summed E-state index contributed by atoms with van der Waals surface area (Å²) in [6.45, 7) is 1.40. The molecule has 1 N–H and O–H groups in total. The minimum absolute atomic E-state index is 0.0746. The number of aliphatic hydroxyl groups is 1. The third-order valence-corrected chi connectivity index (χ3v) is 3.30. The Bertz CT molecular complexity index is 597. The number of aliphatic hydroxyl groups excluding tert-OH is 1. The predicted octanol–water partition coefficient (Wildman–Crippen LogP) is 0.387. The van der Waals surface area contributed by atoms with Crippen molar-refractivity contribution in [1.82, 2.24) is 9.55 Å². The number of oxazole rings is 1. The van der Waals surface area contributed by atoms with Crippen LogP contribution in [0.2, 0.25) is 0 Å². The molecule has 2 aromatic heterocycles. The summed E-state index contributed by atoms with van der Waals surface area (Å²) in [4.78, 5) is 15.8. The second-order valence-electron chi connectivity index (χ2n) is 4.49. The summed E-state index contributed by atoms with van der Waals surface area (Å²) in [5, 5.41) is 10.1. The summed E-state index contributed by atoms with van der Waals surface area (Å²) in [5.74, 6) is -0.410. The van der Waals surface area contributed by atoms with Crippen molar-refractivity contribution in [2.24, 2.45) is 5.92 Å². The van der Waals surface area contributed by atoms with Crippen LogP contribution < -0.4 is 5.76 Å². The van der Waals surface area contributed by atoms with Crippen LogP contribution in [0.15, 0.2) is 27.5 Å². The minimum Gasteiger partial charge on any atom is -0.406 e. The van der Waals surface area contributed by atoms with Crippen LogP contribution >= 0.6 is 0 Å². The minimum atomic E-state index is -0.618. The lowest BCUT2D eigenvalue weighted by Crippen LogP contribution is -2.30. The molecule has 0 amide bonds. The molecule has 1 aliphatic rings. The Kier molecular flexibility index (Phi) is 2.89. The Labute approximate surface area is 103 Å². The highest BCUT2D eigenvalue weighted by atomic mass is 16.5. The van der Waals surface area contributed by atoms with Crippen molar-refractivity contribution in [2.45, 2.75) is 19.1 Å². The smallest absolute Gasteiger partial charge is 0.406 e. The molecule has 6 nitrogen and oxygen atoms in total. The maximum absolute atomic E-state index is 11.7. The van der Waals surface area contributed by atoms with Gasteiger partial charge >= 0.3 is 5.76 Å². The molecule has 3 rings (SSSR count). The lowest BCUT2D eigenvalue weighted by molar-refractivity contribution is 0.0769. The third kappa shape index (κ3) is 1.93. The normalized spacial score (nSPS) is 21.5. The van der Waals surface area contributed by atoms with Crippen molar-refractivity contribution in [3.63, 3.8) is 0 Å². The van der Waals surface area contributed by atoms with Crippen LogP contribution in [-0.2, 0) is 11.3 Å². The first-order valence-electron chi connectivity index (χ1n) is 5.96. The van der Waals surface area contributed by atoms with Crippen molar-refractivity contribution < 1.29 is 14.3 Å². The first-order valence-corrected chi connectivity index (χ1v) is 5.96. The van der Waals surface area contributed by atoms with Gasteiger partial charge in [0.15, 0.2) is 11.2 Å². The molecule has 2 aromatic rings. The summed E-state index contributed by atoms with van der Waals surface area (Å²) in [6, 6.07) is 3.39. The van der Waals surface area contributed by atoms with Crippen molar-refractivity contribution in [2.75, 3.05) is 13.2 Å². The summed E-state index contributed by atoms with van der Waals surface area (Å²) >= 11 is 0. The molecule has 1 saturated heterocycles. The summed E-state index contributed by atoms with van der Waals surface area (Å²) in [7, 11) is 0. The van der Waals surface area contributed by atoms with Gasteiger partial charge in [-0.1, -0.05) is 0 Å². The maximum Gasteiger partial charge on any atom is 0.421 e. The van der Waals surface area contributed by atoms with E-state index in [4.69, 9.17) is 9.15 Å². The van der Waals surface area contributed by atoms with Crippen LogP contribution in [0, 0.1) is 5.92 Å². The van der Waals surface area contributed by atoms with E-state index in [2.05, 4.69) is 4.98 Å². The number of fused-ring (bicyclic) bond motifs is 1. The van der Waals surface area contributed by atoms with Crippen LogP contribution in [0.4, 0.5) is 0 Å². The maximum atomic E-state index is 11.7. The van der Waals surface area contributed by atoms with Crippen molar-refractivity contribution in [1.29, 1.82) is 0 Å². The molecule has 3 heterocycles. The standard InChI is InChI=1S/C12H14N2O4/c15-9(8-3-5-17-7-8)6-14-11-10(18-12(14)16)2-1-4-13-11/h1-2,4,8-9,15H,3,5-7H2. The number of hydrogen-bond acceptors (Lipinski definition) is 5. The second-order valence-corrected chi connectivity index (χ2v) is 4.49. The first-order chi connectivity index (χ1) is 8.75. The van der Waals surface area contributed by atoms with Gasteiger partial charge in [0.2, 0.25) is 0 Å². The highest BCUT2D eigenvalue weighted by Crippen LogP contribution is 2.19. The molecule has 0 spiro atoms. The van der Waals surface area contributed by atoms with E-state index in [1.807, 2.05) is 0 Å². The van der Waals surface area contributed by atoms with Gasteiger partial charge in [-0.3, -0.25) is 4.57 Å². The van der Waals surface area contributed by atoms with Gasteiger partial charge in [0, 0.05) is 18.7 Å². The molecular formula is C12H14N2O4. The summed E-state index contributed by atoms with van der Waals surface area (Å²) in [6.07, 6.45) is 1.80. The van der Waals surface area contributed by atoms with Crippen LogP contribution in [0.5, 0.6) is 0 Å². The molecule has 0 aliphatic carbocycles. The number of pyridine rings is 1. The largest absolute Gasteiger partial charge is 0.421 e. The molecule has 1 aliphatic heterocycles. The van der Waals surface area contributed by atoms with Gasteiger partial charge in [-0.2, -0.15) is 0 Å². The van der Waals surface area contributed by atoms with E-state index in [1.54, 1.807) is 18.3 Å². The molecular weight excluding hydrogens is 236 g/mol. The van der Waals surface area contributed by atoms with E-state index in [9.17, 15) is 9.90 Å². The van der Waals surface area contributed by atoms with Gasteiger partial charge in [-0.25, -0.2) is 9.78 Å². The van der Waals surface area contributed by atoms with E-state index >= 15 is 0 Å². The second kappa shape index (κ2) is 4.55. The summed E-state index contributed by atoms with van der Waals surface area (Å²) in [5.41, 5.74) is 0.915. The van der Waals surface area contributed by atoms with Crippen LogP contribution in [0.3, 0.4) is 0 Å². The van der Waals surface area contributed by atoms with Crippen LogP contribution in [0.25, 0.3) is 11.2 Å². The molecule has 2 unspecified atom stereocenters. The number of aromatic nitrogens is 2. The Morgan fingerprint density at radius 3 is 3.28 bits per heavy atom. The molecule has 2 atom stereocenters. The van der Waals surface area contributed by atoms with E-state index in [1.165, 1.54) is 4.57 Å². The van der Waals surface area contributed by atoms with Crippen LogP contribution in [-0.4, -0.2) is 34.0 Å². The quantitative estimate of drug-likeness (QED) is 0.852. The Morgan fingerprint density at radius 1 is 1.61 bits per heavy atom. The lowest BCUT2D eigenvalue weighted by Gasteiger charge is -2.15. The zero-order valence-corrected chi connectivity index (χ0v) is 9.78. The van der Waals surface area contributed by atoms with Gasteiger partial charge in [0.25, 0.3) is 0 Å². The highest BCUT2D eigenvalue weighted by molar-refractivity contribution is 5.67. The SMILES string of the molecule is O=c1oc2cccnc2n1CC(O)C1CCOC1. The van der Waals surface area contributed by atoms with E-state index in [0.717, 1.165) is 6.42 Å². The molecule has 1 fully saturated rings. The molecule has 96 valence electrons. The average Bonchev–Trinajstić information content (AvgIpc) is 2.98. The monoisotopic (exact) mass is 250 g/mol. The fourth-order valence-electron chi connectivity index (χ4n) is 2.25. The van der Waals surface area contributed by atoms with Gasteiger partial charge in [0.05, 0.1) is 19.3 Å². The average molecular weight is 250 g/mol. The van der Waals surface area contributed by atoms with E-state index < -0.39 is 11.9 Å². The van der Waals surface area contributed by atoms with Gasteiger partial charge in [-0.05, 0) is 18.6 Å². The van der Waals surface area contributed by atoms with Crippen LogP contribution in [0.1, 0.15) is 6.42 Å². The zero-order chi connectivity index (χ0) is 12.5. The Balaban J connectivity index is 1.89. The third-order valence-electron chi connectivity index (χ3n) is 3.30. The number of rotatable bonds is 3. The number of hydrogen-bond donors (Lipinski definition) is 1. The van der Waals surface area contributed by atoms with Crippen molar-refractivity contribution >= 4 is 11.2 Å². The molecule has 0 aromatic carbocycles. The molecule has 0 bridgehead atoms. The molecule has 0 saturated carbocycles. The molecule has 18 heavy (non-hydrogen) atoms. The Hall–Kier alpha value is -1.66. The number of nitrogens with zero attached hydrogens (tertiary/aromatic N) is 2. The highest BCUT2D eigenvalue weighted by Gasteiger charge is 2.25. The number of ether oxygens (including phenoxy) is 1. The fourth-order valence-corrected chi connectivity index (χ4v) is 2.25. The molecule has 0 radical (unpaired) electrons. The van der Waals surface area contributed by atoms with Crippen molar-refractivity contribution in [3.8, 4) is 0 Å². The van der Waals surface area contributed by atoms with E-state index in [-0.39, 0.29) is 12.5 Å². The van der Waals surface area contributed by atoms with E-state index in [0.29, 0.717) is 24.4 Å². The fraction of sp³-hybridized carbons (Fsp3) is 0.500. The van der Waals surface area contributed by atoms with Gasteiger partial charge in [-0.15, -0.1) is 0 Å². The summed E-state index contributed by atoms with van der Waals surface area (Å²) < 4.78 is 11.7. The zero-order valence-electron chi connectivity index (χ0n) is 9.78. The van der Waals surface area contributed by atoms with Gasteiger partial charge in [0.1, 0.15) is 0 Å². The van der Waals surface area contributed by atoms with Crippen molar-refractivity contribution in [3.05, 3.63) is 28.9 Å². The Morgan fingerprint density at radius 2 is 2.50 bits per heavy atom. The lowest BCUT2D eigenvalue weighted by atomic mass is 10.0. The molecule has 6 heteroatoms. The first kappa shape index (κ1) is 11.4. The van der Waals surface area contributed by atoms with Gasteiger partial charge < -0.3 is 14.3 Å².